The number of aromatic hydroxyl groups is 2. The van der Waals surface area contributed by atoms with Gasteiger partial charge in [-0.25, -0.2) is 0 Å². The Balaban J connectivity index is 3.09. The van der Waals surface area contributed by atoms with Crippen molar-refractivity contribution >= 4 is 5.78 Å². The minimum Gasteiger partial charge on any atom is -0.508 e. The molecule has 1 unspecified atom stereocenters. The molecule has 1 atom stereocenters. The molecule has 13 heavy (non-hydrogen) atoms. The van der Waals surface area contributed by atoms with Gasteiger partial charge in [0.05, 0.1) is 11.6 Å². The van der Waals surface area contributed by atoms with Crippen LogP contribution in [0.15, 0.2) is 18.2 Å². The number of phenols is 2. The van der Waals surface area contributed by atoms with E-state index in [0.717, 1.165) is 6.07 Å². The van der Waals surface area contributed by atoms with Gasteiger partial charge in [0.15, 0.2) is 5.78 Å². The van der Waals surface area contributed by atoms with E-state index in [1.807, 2.05) is 0 Å². The van der Waals surface area contributed by atoms with Crippen LogP contribution in [0.1, 0.15) is 17.3 Å². The van der Waals surface area contributed by atoms with Gasteiger partial charge in [-0.05, 0) is 19.1 Å². The molecule has 0 aliphatic heterocycles. The van der Waals surface area contributed by atoms with E-state index in [9.17, 15) is 9.90 Å². The second kappa shape index (κ2) is 3.45. The van der Waals surface area contributed by atoms with Crippen molar-refractivity contribution in [2.24, 2.45) is 5.73 Å². The molecule has 4 heteroatoms. The van der Waals surface area contributed by atoms with Gasteiger partial charge in [-0.3, -0.25) is 4.79 Å². The van der Waals surface area contributed by atoms with Crippen LogP contribution in [0.25, 0.3) is 0 Å². The van der Waals surface area contributed by atoms with Gasteiger partial charge in [0.2, 0.25) is 0 Å². The average Bonchev–Trinajstić information content (AvgIpc) is 2.03. The summed E-state index contributed by atoms with van der Waals surface area (Å²) in [6.07, 6.45) is 0. The Morgan fingerprint density at radius 1 is 1.46 bits per heavy atom. The molecule has 0 saturated heterocycles. The summed E-state index contributed by atoms with van der Waals surface area (Å²) in [5, 5.41) is 18.2. The third-order valence-corrected chi connectivity index (χ3v) is 1.66. The summed E-state index contributed by atoms with van der Waals surface area (Å²) in [6.45, 7) is 1.54. The van der Waals surface area contributed by atoms with Gasteiger partial charge in [0.1, 0.15) is 11.5 Å². The molecule has 0 aliphatic rings. The average molecular weight is 181 g/mol. The van der Waals surface area contributed by atoms with E-state index in [-0.39, 0.29) is 22.8 Å². The Kier molecular flexibility index (Phi) is 2.53. The fourth-order valence-corrected chi connectivity index (χ4v) is 0.974. The van der Waals surface area contributed by atoms with Crippen molar-refractivity contribution in [2.75, 3.05) is 0 Å². The molecule has 0 fully saturated rings. The van der Waals surface area contributed by atoms with Crippen LogP contribution in [0.3, 0.4) is 0 Å². The molecule has 1 aromatic rings. The number of phenolic OH excluding ortho intramolecular Hbond substituents is 2. The van der Waals surface area contributed by atoms with Gasteiger partial charge >= 0.3 is 0 Å². The molecule has 1 aromatic carbocycles. The number of carbonyl (C=O) groups is 1. The highest BCUT2D eigenvalue weighted by molar-refractivity contribution is 6.02. The number of ketones is 1. The van der Waals surface area contributed by atoms with Gasteiger partial charge in [0.25, 0.3) is 0 Å². The van der Waals surface area contributed by atoms with Crippen molar-refractivity contribution in [3.8, 4) is 11.5 Å². The maximum atomic E-state index is 11.3. The summed E-state index contributed by atoms with van der Waals surface area (Å²) in [5.74, 6) is -0.682. The zero-order valence-electron chi connectivity index (χ0n) is 7.19. The summed E-state index contributed by atoms with van der Waals surface area (Å²) in [6, 6.07) is 3.12. The lowest BCUT2D eigenvalue weighted by Gasteiger charge is -2.06. The maximum Gasteiger partial charge on any atom is 0.182 e. The van der Waals surface area contributed by atoms with E-state index in [1.54, 1.807) is 0 Å². The molecular formula is C9H11NO3. The molecule has 4 nitrogen and oxygen atoms in total. The lowest BCUT2D eigenvalue weighted by Crippen LogP contribution is -2.26. The molecule has 0 saturated carbocycles. The maximum absolute atomic E-state index is 11.3. The number of hydrogen-bond acceptors (Lipinski definition) is 4. The molecule has 0 radical (unpaired) electrons. The molecular weight excluding hydrogens is 170 g/mol. The SMILES string of the molecule is CC(N)C(=O)c1ccc(O)cc1O. The largest absolute Gasteiger partial charge is 0.508 e. The molecule has 0 heterocycles. The lowest BCUT2D eigenvalue weighted by atomic mass is 10.1. The van der Waals surface area contributed by atoms with Crippen molar-refractivity contribution in [3.05, 3.63) is 23.8 Å². The quantitative estimate of drug-likeness (QED) is 0.584. The van der Waals surface area contributed by atoms with Crippen molar-refractivity contribution in [2.45, 2.75) is 13.0 Å². The topological polar surface area (TPSA) is 83.6 Å². The normalized spacial score (nSPS) is 12.5. The minimum absolute atomic E-state index is 0.0845. The molecule has 70 valence electrons. The van der Waals surface area contributed by atoms with Crippen LogP contribution in [0, 0.1) is 0 Å². The molecule has 0 aromatic heterocycles. The molecule has 1 rings (SSSR count). The molecule has 0 bridgehead atoms. The summed E-state index contributed by atoms with van der Waals surface area (Å²) < 4.78 is 0. The van der Waals surface area contributed by atoms with E-state index in [4.69, 9.17) is 10.8 Å². The summed E-state index contributed by atoms with van der Waals surface area (Å²) in [7, 11) is 0. The fourth-order valence-electron chi connectivity index (χ4n) is 0.974. The number of hydrogen-bond donors (Lipinski definition) is 3. The van der Waals surface area contributed by atoms with Gasteiger partial charge in [-0.1, -0.05) is 0 Å². The first-order chi connectivity index (χ1) is 6.02. The number of carbonyl (C=O) groups excluding carboxylic acids is 1. The Bertz CT molecular complexity index is 334. The monoisotopic (exact) mass is 181 g/mol. The summed E-state index contributed by atoms with van der Waals surface area (Å²) in [5.41, 5.74) is 5.48. The molecule has 0 amide bonds. The third kappa shape index (κ3) is 1.97. The standard InChI is InChI=1S/C9H11NO3/c1-5(10)9(13)7-3-2-6(11)4-8(7)12/h2-5,11-12H,10H2,1H3. The van der Waals surface area contributed by atoms with Crippen molar-refractivity contribution in [3.63, 3.8) is 0 Å². The first-order valence-electron chi connectivity index (χ1n) is 3.84. The Labute approximate surface area is 75.6 Å². The minimum atomic E-state index is -0.657. The second-order valence-electron chi connectivity index (χ2n) is 2.85. The Hall–Kier alpha value is -1.55. The highest BCUT2D eigenvalue weighted by Gasteiger charge is 2.14. The summed E-state index contributed by atoms with van der Waals surface area (Å²) >= 11 is 0. The van der Waals surface area contributed by atoms with Crippen LogP contribution in [-0.4, -0.2) is 22.0 Å². The summed E-state index contributed by atoms with van der Waals surface area (Å²) in [4.78, 5) is 11.3. The Morgan fingerprint density at radius 2 is 2.08 bits per heavy atom. The van der Waals surface area contributed by atoms with Crippen molar-refractivity contribution in [1.29, 1.82) is 0 Å². The van der Waals surface area contributed by atoms with Crippen LogP contribution >= 0.6 is 0 Å². The zero-order chi connectivity index (χ0) is 10.0. The van der Waals surface area contributed by atoms with Crippen molar-refractivity contribution in [1.82, 2.24) is 0 Å². The number of nitrogens with two attached hydrogens (primary N) is 1. The van der Waals surface area contributed by atoms with E-state index >= 15 is 0 Å². The number of rotatable bonds is 2. The molecule has 4 N–H and O–H groups in total. The zero-order valence-corrected chi connectivity index (χ0v) is 7.19. The fraction of sp³-hybridized carbons (Fsp3) is 0.222. The van der Waals surface area contributed by atoms with E-state index in [2.05, 4.69) is 0 Å². The van der Waals surface area contributed by atoms with Crippen LogP contribution in [0.2, 0.25) is 0 Å². The first-order valence-corrected chi connectivity index (χ1v) is 3.84. The van der Waals surface area contributed by atoms with Crippen LogP contribution < -0.4 is 5.73 Å². The molecule has 0 aliphatic carbocycles. The van der Waals surface area contributed by atoms with E-state index < -0.39 is 6.04 Å². The predicted octanol–water partition coefficient (Wildman–Crippen LogP) is 0.628. The third-order valence-electron chi connectivity index (χ3n) is 1.66. The van der Waals surface area contributed by atoms with Gasteiger partial charge < -0.3 is 15.9 Å². The van der Waals surface area contributed by atoms with E-state index in [0.29, 0.717) is 0 Å². The van der Waals surface area contributed by atoms with Crippen LogP contribution in [0.5, 0.6) is 11.5 Å². The number of Topliss-reactive ketones (excluding diaryl/α,β-unsaturated/α-hetero) is 1. The molecule has 0 spiro atoms. The van der Waals surface area contributed by atoms with Gasteiger partial charge in [-0.15, -0.1) is 0 Å². The van der Waals surface area contributed by atoms with E-state index in [1.165, 1.54) is 19.1 Å². The van der Waals surface area contributed by atoms with Gasteiger partial charge in [-0.2, -0.15) is 0 Å². The van der Waals surface area contributed by atoms with Gasteiger partial charge in [0, 0.05) is 6.07 Å². The lowest BCUT2D eigenvalue weighted by molar-refractivity contribution is 0.0965. The number of benzene rings is 1. The van der Waals surface area contributed by atoms with Crippen molar-refractivity contribution < 1.29 is 15.0 Å². The predicted molar refractivity (Wildman–Crippen MR) is 47.8 cm³/mol. The second-order valence-corrected chi connectivity index (χ2v) is 2.85. The van der Waals surface area contributed by atoms with Crippen LogP contribution in [0.4, 0.5) is 0 Å². The Morgan fingerprint density at radius 3 is 2.54 bits per heavy atom. The highest BCUT2D eigenvalue weighted by Crippen LogP contribution is 2.23. The first kappa shape index (κ1) is 9.54. The van der Waals surface area contributed by atoms with Crippen LogP contribution in [-0.2, 0) is 0 Å². The highest BCUT2D eigenvalue weighted by atomic mass is 16.3. The smallest absolute Gasteiger partial charge is 0.182 e.